The number of amides is 2. The first kappa shape index (κ1) is 19.1. The molecular weight excluding hydrogens is 340 g/mol. The van der Waals surface area contributed by atoms with Crippen LogP contribution in [0.1, 0.15) is 65.0 Å². The van der Waals surface area contributed by atoms with E-state index < -0.39 is 0 Å². The maximum Gasteiger partial charge on any atom is 0.289 e. The smallest absolute Gasteiger partial charge is 0.289 e. The highest BCUT2D eigenvalue weighted by Gasteiger charge is 2.28. The molecule has 6 heteroatoms. The van der Waals surface area contributed by atoms with Gasteiger partial charge in [-0.15, -0.1) is 0 Å². The van der Waals surface area contributed by atoms with Gasteiger partial charge < -0.3 is 14.8 Å². The molecule has 0 spiro atoms. The molecule has 1 aromatic carbocycles. The van der Waals surface area contributed by atoms with Gasteiger partial charge in [0.25, 0.3) is 11.8 Å². The molecule has 2 aromatic rings. The van der Waals surface area contributed by atoms with E-state index in [9.17, 15) is 9.59 Å². The quantitative estimate of drug-likeness (QED) is 0.846. The topological polar surface area (TPSA) is 67.2 Å². The molecule has 6 nitrogen and oxygen atoms in total. The average Bonchev–Trinajstić information content (AvgIpc) is 3.07. The van der Waals surface area contributed by atoms with Crippen molar-refractivity contribution in [3.05, 3.63) is 47.0 Å². The standard InChI is InChI=1S/C21H28N4O2/c1-4-5-13-24(3)21(27)19-23-18(17-8-6-7-14-25(17)19)20(26)22-16-11-9-15(2)10-12-16/h9-12H,4-8,13-14H2,1-3H3,(H,22,26). The molecule has 0 atom stereocenters. The summed E-state index contributed by atoms with van der Waals surface area (Å²) >= 11 is 0. The van der Waals surface area contributed by atoms with Crippen molar-refractivity contribution in [2.75, 3.05) is 18.9 Å². The number of imidazole rings is 1. The first-order chi connectivity index (χ1) is 13.0. The van der Waals surface area contributed by atoms with Gasteiger partial charge in [0.05, 0.1) is 5.69 Å². The average molecular weight is 368 g/mol. The SMILES string of the molecule is CCCCN(C)C(=O)c1nc(C(=O)Nc2ccc(C)cc2)c2n1CCCC2. The highest BCUT2D eigenvalue weighted by Crippen LogP contribution is 2.23. The number of benzene rings is 1. The lowest BCUT2D eigenvalue weighted by atomic mass is 10.1. The van der Waals surface area contributed by atoms with Crippen molar-refractivity contribution in [3.63, 3.8) is 0 Å². The number of unbranched alkanes of at least 4 members (excludes halogenated alkanes) is 1. The Kier molecular flexibility index (Phi) is 5.94. The largest absolute Gasteiger partial charge is 0.339 e. The summed E-state index contributed by atoms with van der Waals surface area (Å²) in [6, 6.07) is 7.66. The number of hydrogen-bond donors (Lipinski definition) is 1. The van der Waals surface area contributed by atoms with E-state index in [1.807, 2.05) is 35.8 Å². The van der Waals surface area contributed by atoms with Crippen LogP contribution in [0, 0.1) is 6.92 Å². The maximum atomic E-state index is 12.9. The van der Waals surface area contributed by atoms with Gasteiger partial charge in [-0.25, -0.2) is 4.98 Å². The van der Waals surface area contributed by atoms with E-state index in [0.717, 1.165) is 55.6 Å². The maximum absolute atomic E-state index is 12.9. The van der Waals surface area contributed by atoms with E-state index in [1.54, 1.807) is 11.9 Å². The fraction of sp³-hybridized carbons (Fsp3) is 0.476. The fourth-order valence-corrected chi connectivity index (χ4v) is 3.38. The zero-order valence-electron chi connectivity index (χ0n) is 16.4. The molecule has 3 rings (SSSR count). The Morgan fingerprint density at radius 1 is 1.22 bits per heavy atom. The minimum Gasteiger partial charge on any atom is -0.339 e. The van der Waals surface area contributed by atoms with Gasteiger partial charge >= 0.3 is 0 Å². The number of fused-ring (bicyclic) bond motifs is 1. The number of hydrogen-bond acceptors (Lipinski definition) is 3. The first-order valence-electron chi connectivity index (χ1n) is 9.74. The Morgan fingerprint density at radius 2 is 1.96 bits per heavy atom. The molecular formula is C21H28N4O2. The van der Waals surface area contributed by atoms with Crippen LogP contribution in [-0.4, -0.2) is 39.9 Å². The van der Waals surface area contributed by atoms with E-state index in [-0.39, 0.29) is 11.8 Å². The zero-order chi connectivity index (χ0) is 19.4. The number of anilines is 1. The third kappa shape index (κ3) is 4.21. The number of aromatic nitrogens is 2. The summed E-state index contributed by atoms with van der Waals surface area (Å²) in [6.45, 7) is 5.54. The van der Waals surface area contributed by atoms with Gasteiger partial charge in [-0.05, 0) is 44.7 Å². The van der Waals surface area contributed by atoms with Gasteiger partial charge in [0.15, 0.2) is 11.5 Å². The molecule has 2 amide bonds. The second-order valence-electron chi connectivity index (χ2n) is 7.24. The molecule has 0 saturated carbocycles. The van der Waals surface area contributed by atoms with Gasteiger partial charge in [0.2, 0.25) is 0 Å². The Labute approximate surface area is 160 Å². The minimum absolute atomic E-state index is 0.110. The third-order valence-electron chi connectivity index (χ3n) is 5.03. The van der Waals surface area contributed by atoms with E-state index >= 15 is 0 Å². The summed E-state index contributed by atoms with van der Waals surface area (Å²) in [5.74, 6) is 0.0260. The lowest BCUT2D eigenvalue weighted by Crippen LogP contribution is -2.31. The van der Waals surface area contributed by atoms with Gasteiger partial charge in [0, 0.05) is 25.8 Å². The van der Waals surface area contributed by atoms with Crippen molar-refractivity contribution in [1.82, 2.24) is 14.5 Å². The number of nitrogens with one attached hydrogen (secondary N) is 1. The van der Waals surface area contributed by atoms with Crippen molar-refractivity contribution in [2.45, 2.75) is 52.5 Å². The molecule has 1 aliphatic heterocycles. The number of aryl methyl sites for hydroxylation is 1. The van der Waals surface area contributed by atoms with E-state index in [1.165, 1.54) is 0 Å². The van der Waals surface area contributed by atoms with Crippen molar-refractivity contribution >= 4 is 17.5 Å². The Bertz CT molecular complexity index is 823. The van der Waals surface area contributed by atoms with Gasteiger partial charge in [-0.1, -0.05) is 31.0 Å². The Hall–Kier alpha value is -2.63. The molecule has 0 saturated heterocycles. The Morgan fingerprint density at radius 3 is 2.67 bits per heavy atom. The summed E-state index contributed by atoms with van der Waals surface area (Å²) in [4.78, 5) is 31.9. The minimum atomic E-state index is -0.250. The third-order valence-corrected chi connectivity index (χ3v) is 5.03. The van der Waals surface area contributed by atoms with E-state index in [4.69, 9.17) is 0 Å². The van der Waals surface area contributed by atoms with E-state index in [2.05, 4.69) is 17.2 Å². The second-order valence-corrected chi connectivity index (χ2v) is 7.24. The predicted molar refractivity (Wildman–Crippen MR) is 106 cm³/mol. The molecule has 0 aliphatic carbocycles. The van der Waals surface area contributed by atoms with Crippen LogP contribution >= 0.6 is 0 Å². The molecule has 0 unspecified atom stereocenters. The van der Waals surface area contributed by atoms with Crippen LogP contribution in [0.5, 0.6) is 0 Å². The van der Waals surface area contributed by atoms with Crippen molar-refractivity contribution in [2.24, 2.45) is 0 Å². The van der Waals surface area contributed by atoms with Gasteiger partial charge in [-0.2, -0.15) is 0 Å². The molecule has 0 bridgehead atoms. The predicted octanol–water partition coefficient (Wildman–Crippen LogP) is 3.65. The zero-order valence-corrected chi connectivity index (χ0v) is 16.4. The molecule has 1 N–H and O–H groups in total. The van der Waals surface area contributed by atoms with Crippen molar-refractivity contribution in [3.8, 4) is 0 Å². The molecule has 0 fully saturated rings. The highest BCUT2D eigenvalue weighted by molar-refractivity contribution is 6.05. The molecule has 27 heavy (non-hydrogen) atoms. The summed E-state index contributed by atoms with van der Waals surface area (Å²) in [5, 5.41) is 2.91. The summed E-state index contributed by atoms with van der Waals surface area (Å²) < 4.78 is 1.94. The number of nitrogens with zero attached hydrogens (tertiary/aromatic N) is 3. The fourth-order valence-electron chi connectivity index (χ4n) is 3.38. The van der Waals surface area contributed by atoms with Crippen LogP contribution in [0.4, 0.5) is 5.69 Å². The molecule has 1 aromatic heterocycles. The Balaban J connectivity index is 1.87. The number of carbonyl (C=O) groups excluding carboxylic acids is 2. The van der Waals surface area contributed by atoms with Gasteiger partial charge in [-0.3, -0.25) is 9.59 Å². The molecule has 2 heterocycles. The van der Waals surface area contributed by atoms with Crippen LogP contribution in [0.2, 0.25) is 0 Å². The normalized spacial score (nSPS) is 13.1. The lowest BCUT2D eigenvalue weighted by Gasteiger charge is -2.20. The summed E-state index contributed by atoms with van der Waals surface area (Å²) in [7, 11) is 1.80. The molecule has 0 radical (unpaired) electrons. The summed E-state index contributed by atoms with van der Waals surface area (Å²) in [5.41, 5.74) is 3.12. The number of carbonyl (C=O) groups is 2. The molecule has 144 valence electrons. The second kappa shape index (κ2) is 8.37. The number of rotatable bonds is 6. The lowest BCUT2D eigenvalue weighted by molar-refractivity contribution is 0.0775. The van der Waals surface area contributed by atoms with Crippen LogP contribution in [0.25, 0.3) is 0 Å². The summed E-state index contributed by atoms with van der Waals surface area (Å²) in [6.07, 6.45) is 4.77. The first-order valence-corrected chi connectivity index (χ1v) is 9.74. The van der Waals surface area contributed by atoms with Crippen LogP contribution in [-0.2, 0) is 13.0 Å². The monoisotopic (exact) mass is 368 g/mol. The molecule has 1 aliphatic rings. The van der Waals surface area contributed by atoms with E-state index in [0.29, 0.717) is 18.1 Å². The van der Waals surface area contributed by atoms with Crippen LogP contribution < -0.4 is 5.32 Å². The van der Waals surface area contributed by atoms with Crippen LogP contribution in [0.3, 0.4) is 0 Å². The van der Waals surface area contributed by atoms with Gasteiger partial charge in [0.1, 0.15) is 0 Å². The van der Waals surface area contributed by atoms with Crippen LogP contribution in [0.15, 0.2) is 24.3 Å². The van der Waals surface area contributed by atoms with Crippen molar-refractivity contribution < 1.29 is 9.59 Å². The highest BCUT2D eigenvalue weighted by atomic mass is 16.2. The van der Waals surface area contributed by atoms with Crippen molar-refractivity contribution in [1.29, 1.82) is 0 Å².